The van der Waals surface area contributed by atoms with Crippen molar-refractivity contribution in [1.29, 1.82) is 0 Å². The fourth-order valence-electron chi connectivity index (χ4n) is 3.69. The Morgan fingerprint density at radius 3 is 2.19 bits per heavy atom. The number of amides is 2. The number of benzene rings is 3. The summed E-state index contributed by atoms with van der Waals surface area (Å²) in [7, 11) is 1.55. The average molecular weight is 433 g/mol. The van der Waals surface area contributed by atoms with Crippen LogP contribution in [0.15, 0.2) is 54.6 Å². The Balaban J connectivity index is 1.59. The normalized spacial score (nSPS) is 13.3. The van der Waals surface area contributed by atoms with Crippen molar-refractivity contribution in [2.24, 2.45) is 0 Å². The van der Waals surface area contributed by atoms with Gasteiger partial charge in [-0.1, -0.05) is 12.1 Å². The van der Waals surface area contributed by atoms with Crippen molar-refractivity contribution >= 4 is 34.2 Å². The van der Waals surface area contributed by atoms with Gasteiger partial charge in [0.25, 0.3) is 11.8 Å². The average Bonchev–Trinajstić information content (AvgIpc) is 2.75. The SMILES string of the molecule is COc1ccc2c3c(cccc13)C(=O)N(c1ccc(OCC(=O)OC(C)(C)C)cc1)C2=O. The van der Waals surface area contributed by atoms with Gasteiger partial charge in [-0.3, -0.25) is 9.59 Å². The molecule has 1 aliphatic rings. The summed E-state index contributed by atoms with van der Waals surface area (Å²) in [5.41, 5.74) is 0.674. The first-order valence-corrected chi connectivity index (χ1v) is 10.1. The van der Waals surface area contributed by atoms with E-state index in [2.05, 4.69) is 0 Å². The smallest absolute Gasteiger partial charge is 0.344 e. The van der Waals surface area contributed by atoms with E-state index in [0.29, 0.717) is 33.7 Å². The van der Waals surface area contributed by atoms with E-state index in [0.717, 1.165) is 10.3 Å². The van der Waals surface area contributed by atoms with Gasteiger partial charge in [0.2, 0.25) is 0 Å². The van der Waals surface area contributed by atoms with E-state index in [1.807, 2.05) is 6.07 Å². The second-order valence-corrected chi connectivity index (χ2v) is 8.36. The predicted molar refractivity (Wildman–Crippen MR) is 119 cm³/mol. The van der Waals surface area contributed by atoms with Crippen molar-refractivity contribution < 1.29 is 28.6 Å². The number of imide groups is 1. The molecule has 0 saturated heterocycles. The van der Waals surface area contributed by atoms with Crippen LogP contribution in [-0.4, -0.2) is 37.1 Å². The summed E-state index contributed by atoms with van der Waals surface area (Å²) in [5, 5.41) is 1.31. The molecule has 1 aliphatic heterocycles. The molecular formula is C25H23NO6. The molecule has 7 heteroatoms. The molecule has 0 unspecified atom stereocenters. The molecule has 0 N–H and O–H groups in total. The van der Waals surface area contributed by atoms with Gasteiger partial charge >= 0.3 is 5.97 Å². The zero-order valence-corrected chi connectivity index (χ0v) is 18.3. The lowest BCUT2D eigenvalue weighted by Crippen LogP contribution is -2.40. The molecular weight excluding hydrogens is 410 g/mol. The van der Waals surface area contributed by atoms with E-state index < -0.39 is 23.4 Å². The summed E-state index contributed by atoms with van der Waals surface area (Å²) in [6.07, 6.45) is 0. The summed E-state index contributed by atoms with van der Waals surface area (Å²) in [6.45, 7) is 5.10. The number of carbonyl (C=O) groups is 3. The fraction of sp³-hybridized carbons (Fsp3) is 0.240. The summed E-state index contributed by atoms with van der Waals surface area (Å²) in [6, 6.07) is 15.1. The highest BCUT2D eigenvalue weighted by Crippen LogP contribution is 2.37. The minimum absolute atomic E-state index is 0.241. The van der Waals surface area contributed by atoms with Crippen LogP contribution < -0.4 is 14.4 Å². The van der Waals surface area contributed by atoms with Crippen molar-refractivity contribution in [1.82, 2.24) is 0 Å². The monoisotopic (exact) mass is 433 g/mol. The standard InChI is InChI=1S/C25H23NO6/c1-25(2,3)32-21(27)14-31-16-10-8-15(9-11-16)26-23(28)18-7-5-6-17-20(30-4)13-12-19(22(17)18)24(26)29/h5-13H,14H2,1-4H3. The highest BCUT2D eigenvalue weighted by molar-refractivity contribution is 6.36. The molecule has 0 aromatic heterocycles. The van der Waals surface area contributed by atoms with Crippen LogP contribution in [0.5, 0.6) is 11.5 Å². The van der Waals surface area contributed by atoms with E-state index in [-0.39, 0.29) is 6.61 Å². The first kappa shape index (κ1) is 21.4. The van der Waals surface area contributed by atoms with Crippen molar-refractivity contribution in [3.8, 4) is 11.5 Å². The largest absolute Gasteiger partial charge is 0.496 e. The lowest BCUT2D eigenvalue weighted by molar-refractivity contribution is -0.157. The summed E-state index contributed by atoms with van der Waals surface area (Å²) >= 11 is 0. The van der Waals surface area contributed by atoms with Crippen LogP contribution in [-0.2, 0) is 9.53 Å². The van der Waals surface area contributed by atoms with Gasteiger partial charge in [-0.2, -0.15) is 0 Å². The zero-order valence-electron chi connectivity index (χ0n) is 18.3. The molecule has 4 rings (SSSR count). The van der Waals surface area contributed by atoms with Gasteiger partial charge in [0.15, 0.2) is 6.61 Å². The van der Waals surface area contributed by atoms with Crippen LogP contribution in [0.1, 0.15) is 41.5 Å². The third kappa shape index (κ3) is 3.89. The molecule has 164 valence electrons. The highest BCUT2D eigenvalue weighted by atomic mass is 16.6. The van der Waals surface area contributed by atoms with Crippen molar-refractivity contribution in [2.75, 3.05) is 18.6 Å². The van der Waals surface area contributed by atoms with E-state index >= 15 is 0 Å². The van der Waals surface area contributed by atoms with E-state index in [4.69, 9.17) is 14.2 Å². The van der Waals surface area contributed by atoms with Gasteiger partial charge < -0.3 is 14.2 Å². The Kier molecular flexibility index (Phi) is 5.34. The van der Waals surface area contributed by atoms with Crippen LogP contribution in [0.25, 0.3) is 10.8 Å². The van der Waals surface area contributed by atoms with Crippen LogP contribution in [0.2, 0.25) is 0 Å². The Bertz CT molecular complexity index is 1200. The number of anilines is 1. The number of methoxy groups -OCH3 is 1. The maximum atomic E-state index is 13.2. The molecule has 0 radical (unpaired) electrons. The molecule has 0 saturated carbocycles. The van der Waals surface area contributed by atoms with E-state index in [1.165, 1.54) is 0 Å². The van der Waals surface area contributed by atoms with E-state index in [9.17, 15) is 14.4 Å². The second kappa shape index (κ2) is 8.00. The van der Waals surface area contributed by atoms with Gasteiger partial charge in [-0.25, -0.2) is 9.69 Å². The molecule has 3 aromatic carbocycles. The number of hydrogen-bond acceptors (Lipinski definition) is 6. The van der Waals surface area contributed by atoms with Crippen LogP contribution >= 0.6 is 0 Å². The number of esters is 1. The van der Waals surface area contributed by atoms with Gasteiger partial charge in [0.05, 0.1) is 12.8 Å². The fourth-order valence-corrected chi connectivity index (χ4v) is 3.69. The summed E-state index contributed by atoms with van der Waals surface area (Å²) in [4.78, 5) is 39.4. The van der Waals surface area contributed by atoms with Gasteiger partial charge in [-0.05, 0) is 63.2 Å². The molecule has 0 spiro atoms. The maximum absolute atomic E-state index is 13.2. The van der Waals surface area contributed by atoms with Crippen molar-refractivity contribution in [3.63, 3.8) is 0 Å². The highest BCUT2D eigenvalue weighted by Gasteiger charge is 2.34. The number of carbonyl (C=O) groups excluding carboxylic acids is 3. The molecule has 3 aromatic rings. The molecule has 0 bridgehead atoms. The lowest BCUT2D eigenvalue weighted by atomic mass is 9.93. The summed E-state index contributed by atoms with van der Waals surface area (Å²) in [5.74, 6) is -0.287. The van der Waals surface area contributed by atoms with Crippen LogP contribution in [0, 0.1) is 0 Å². The second-order valence-electron chi connectivity index (χ2n) is 8.36. The molecule has 1 heterocycles. The first-order chi connectivity index (χ1) is 15.2. The maximum Gasteiger partial charge on any atom is 0.344 e. The number of nitrogens with zero attached hydrogens (tertiary/aromatic N) is 1. The topological polar surface area (TPSA) is 82.1 Å². The van der Waals surface area contributed by atoms with Gasteiger partial charge in [0.1, 0.15) is 17.1 Å². The third-order valence-corrected chi connectivity index (χ3v) is 4.96. The Morgan fingerprint density at radius 2 is 1.56 bits per heavy atom. The summed E-state index contributed by atoms with van der Waals surface area (Å²) < 4.78 is 16.1. The van der Waals surface area contributed by atoms with Crippen molar-refractivity contribution in [2.45, 2.75) is 26.4 Å². The Hall–Kier alpha value is -3.87. The minimum atomic E-state index is -0.595. The van der Waals surface area contributed by atoms with Gasteiger partial charge in [-0.15, -0.1) is 0 Å². The van der Waals surface area contributed by atoms with E-state index in [1.54, 1.807) is 76.4 Å². The number of ether oxygens (including phenoxy) is 3. The first-order valence-electron chi connectivity index (χ1n) is 10.1. The van der Waals surface area contributed by atoms with Crippen LogP contribution in [0.4, 0.5) is 5.69 Å². The van der Waals surface area contributed by atoms with Crippen molar-refractivity contribution in [3.05, 3.63) is 65.7 Å². The Morgan fingerprint density at radius 1 is 0.906 bits per heavy atom. The quantitative estimate of drug-likeness (QED) is 0.439. The molecule has 0 aliphatic carbocycles. The van der Waals surface area contributed by atoms with Gasteiger partial charge in [0, 0.05) is 21.9 Å². The van der Waals surface area contributed by atoms with Crippen LogP contribution in [0.3, 0.4) is 0 Å². The number of rotatable bonds is 5. The number of hydrogen-bond donors (Lipinski definition) is 0. The lowest BCUT2D eigenvalue weighted by Gasteiger charge is -2.27. The molecule has 7 nitrogen and oxygen atoms in total. The molecule has 2 amide bonds. The minimum Gasteiger partial charge on any atom is -0.496 e. The third-order valence-electron chi connectivity index (χ3n) is 4.96. The molecule has 0 fully saturated rings. The zero-order chi connectivity index (χ0) is 23.0. The Labute approximate surface area is 185 Å². The molecule has 0 atom stereocenters. The predicted octanol–water partition coefficient (Wildman–Crippen LogP) is 4.37. The molecule has 32 heavy (non-hydrogen) atoms.